The number of pyridine rings is 1. The highest BCUT2D eigenvalue weighted by atomic mass is 16.5. The summed E-state index contributed by atoms with van der Waals surface area (Å²) in [5.74, 6) is 0.673. The molecule has 1 aromatic heterocycles. The average molecular weight is 255 g/mol. The van der Waals surface area contributed by atoms with E-state index in [9.17, 15) is 0 Å². The minimum absolute atomic E-state index is 0.640. The molecule has 0 radical (unpaired) electrons. The molecule has 0 atom stereocenters. The molecule has 0 fully saturated rings. The molecule has 2 aromatic rings. The number of hydrogen-bond acceptors (Lipinski definition) is 4. The Morgan fingerprint density at radius 2 is 2.05 bits per heavy atom. The van der Waals surface area contributed by atoms with E-state index in [0.717, 1.165) is 24.5 Å². The van der Waals surface area contributed by atoms with Gasteiger partial charge in [0.15, 0.2) is 0 Å². The summed E-state index contributed by atoms with van der Waals surface area (Å²) in [7, 11) is 0. The van der Waals surface area contributed by atoms with Gasteiger partial charge in [-0.1, -0.05) is 6.07 Å². The zero-order valence-electron chi connectivity index (χ0n) is 11.0. The van der Waals surface area contributed by atoms with Crippen molar-refractivity contribution in [3.05, 3.63) is 47.7 Å². The van der Waals surface area contributed by atoms with Gasteiger partial charge in [-0.25, -0.2) is 4.98 Å². The molecule has 0 unspecified atom stereocenters. The first-order chi connectivity index (χ1) is 9.26. The van der Waals surface area contributed by atoms with E-state index in [1.54, 1.807) is 0 Å². The fraction of sp³-hybridized carbons (Fsp3) is 0.267. The molecule has 2 N–H and O–H groups in total. The summed E-state index contributed by atoms with van der Waals surface area (Å²) < 4.78 is 5.35. The number of benzene rings is 1. The highest BCUT2D eigenvalue weighted by Crippen LogP contribution is 2.29. The highest BCUT2D eigenvalue weighted by Gasteiger charge is 2.19. The molecular weight excluding hydrogens is 238 g/mol. The minimum Gasteiger partial charge on any atom is -0.478 e. The molecular formula is C15H17N3O. The normalized spacial score (nSPS) is 13.4. The summed E-state index contributed by atoms with van der Waals surface area (Å²) in [6, 6.07) is 10.1. The molecule has 19 heavy (non-hydrogen) atoms. The molecule has 0 saturated carbocycles. The van der Waals surface area contributed by atoms with Gasteiger partial charge < -0.3 is 15.4 Å². The predicted molar refractivity (Wildman–Crippen MR) is 76.1 cm³/mol. The topological polar surface area (TPSA) is 51.4 Å². The first-order valence-electron chi connectivity index (χ1n) is 6.47. The standard InChI is InChI=1S/C15H17N3O/c1-2-19-15-6-5-14(8-17-15)18-9-11-3-4-13(16)7-12(11)10-18/h3-8H,2,9-10,16H2,1H3. The van der Waals surface area contributed by atoms with Gasteiger partial charge in [-0.15, -0.1) is 0 Å². The van der Waals surface area contributed by atoms with Crippen molar-refractivity contribution in [1.82, 2.24) is 4.98 Å². The summed E-state index contributed by atoms with van der Waals surface area (Å²) in [5.41, 5.74) is 10.4. The largest absolute Gasteiger partial charge is 0.478 e. The van der Waals surface area contributed by atoms with Crippen LogP contribution in [0.5, 0.6) is 5.88 Å². The van der Waals surface area contributed by atoms with Gasteiger partial charge in [0.2, 0.25) is 5.88 Å². The van der Waals surface area contributed by atoms with Gasteiger partial charge in [0.25, 0.3) is 0 Å². The summed E-state index contributed by atoms with van der Waals surface area (Å²) in [6.45, 7) is 4.39. The number of nitrogens with two attached hydrogens (primary N) is 1. The summed E-state index contributed by atoms with van der Waals surface area (Å²) in [4.78, 5) is 6.59. The van der Waals surface area contributed by atoms with Crippen molar-refractivity contribution in [2.45, 2.75) is 20.0 Å². The fourth-order valence-electron chi connectivity index (χ4n) is 2.39. The molecule has 1 aliphatic heterocycles. The van der Waals surface area contributed by atoms with E-state index in [-0.39, 0.29) is 0 Å². The van der Waals surface area contributed by atoms with Gasteiger partial charge in [0.1, 0.15) is 0 Å². The van der Waals surface area contributed by atoms with Gasteiger partial charge in [-0.3, -0.25) is 0 Å². The summed E-state index contributed by atoms with van der Waals surface area (Å²) >= 11 is 0. The second-order valence-corrected chi connectivity index (χ2v) is 4.67. The summed E-state index contributed by atoms with van der Waals surface area (Å²) in [6.07, 6.45) is 1.86. The second kappa shape index (κ2) is 4.80. The SMILES string of the molecule is CCOc1ccc(N2Cc3ccc(N)cc3C2)cn1. The van der Waals surface area contributed by atoms with Crippen LogP contribution in [0.1, 0.15) is 18.1 Å². The van der Waals surface area contributed by atoms with E-state index in [1.807, 2.05) is 31.3 Å². The quantitative estimate of drug-likeness (QED) is 0.856. The molecule has 1 aliphatic rings. The number of nitrogen functional groups attached to an aromatic ring is 1. The molecule has 4 heteroatoms. The smallest absolute Gasteiger partial charge is 0.213 e. The molecule has 3 rings (SSSR count). The molecule has 0 saturated heterocycles. The lowest BCUT2D eigenvalue weighted by atomic mass is 10.1. The van der Waals surface area contributed by atoms with Crippen molar-refractivity contribution in [2.24, 2.45) is 0 Å². The van der Waals surface area contributed by atoms with Crippen LogP contribution in [0.3, 0.4) is 0 Å². The first-order valence-corrected chi connectivity index (χ1v) is 6.47. The van der Waals surface area contributed by atoms with E-state index in [4.69, 9.17) is 10.5 Å². The van der Waals surface area contributed by atoms with Gasteiger partial charge in [-0.2, -0.15) is 0 Å². The monoisotopic (exact) mass is 255 g/mol. The third kappa shape index (κ3) is 2.34. The molecule has 0 spiro atoms. The van der Waals surface area contributed by atoms with Crippen LogP contribution in [0.4, 0.5) is 11.4 Å². The van der Waals surface area contributed by atoms with Crippen molar-refractivity contribution in [3.8, 4) is 5.88 Å². The van der Waals surface area contributed by atoms with E-state index < -0.39 is 0 Å². The number of anilines is 2. The maximum absolute atomic E-state index is 5.82. The van der Waals surface area contributed by atoms with Crippen LogP contribution in [0.15, 0.2) is 36.5 Å². The number of ether oxygens (including phenoxy) is 1. The van der Waals surface area contributed by atoms with Crippen LogP contribution in [0, 0.1) is 0 Å². The van der Waals surface area contributed by atoms with Crippen LogP contribution in [0.2, 0.25) is 0 Å². The Morgan fingerprint density at radius 1 is 1.21 bits per heavy atom. The third-order valence-electron chi connectivity index (χ3n) is 3.33. The van der Waals surface area contributed by atoms with Gasteiger partial charge in [0.05, 0.1) is 18.5 Å². The Labute approximate surface area is 112 Å². The molecule has 0 bridgehead atoms. The molecule has 0 aliphatic carbocycles. The Kier molecular flexibility index (Phi) is 2.99. The lowest BCUT2D eigenvalue weighted by Gasteiger charge is -2.17. The van der Waals surface area contributed by atoms with Crippen molar-refractivity contribution >= 4 is 11.4 Å². The fourth-order valence-corrected chi connectivity index (χ4v) is 2.39. The predicted octanol–water partition coefficient (Wildman–Crippen LogP) is 2.58. The molecule has 4 nitrogen and oxygen atoms in total. The van der Waals surface area contributed by atoms with E-state index in [2.05, 4.69) is 22.0 Å². The van der Waals surface area contributed by atoms with E-state index >= 15 is 0 Å². The Bertz CT molecular complexity index is 580. The zero-order valence-corrected chi connectivity index (χ0v) is 11.0. The van der Waals surface area contributed by atoms with Crippen LogP contribution in [0.25, 0.3) is 0 Å². The summed E-state index contributed by atoms with van der Waals surface area (Å²) in [5, 5.41) is 0. The molecule has 0 amide bonds. The highest BCUT2D eigenvalue weighted by molar-refractivity contribution is 5.54. The Balaban J connectivity index is 1.78. The number of fused-ring (bicyclic) bond motifs is 1. The van der Waals surface area contributed by atoms with Crippen LogP contribution < -0.4 is 15.4 Å². The van der Waals surface area contributed by atoms with Crippen LogP contribution >= 0.6 is 0 Å². The lowest BCUT2D eigenvalue weighted by Crippen LogP contribution is -2.14. The Hall–Kier alpha value is -2.23. The number of aromatic nitrogens is 1. The maximum Gasteiger partial charge on any atom is 0.213 e. The lowest BCUT2D eigenvalue weighted by molar-refractivity contribution is 0.327. The first kappa shape index (κ1) is 11.8. The van der Waals surface area contributed by atoms with Crippen molar-refractivity contribution in [3.63, 3.8) is 0 Å². The van der Waals surface area contributed by atoms with Crippen molar-refractivity contribution in [1.29, 1.82) is 0 Å². The zero-order chi connectivity index (χ0) is 13.2. The molecule has 2 heterocycles. The number of nitrogens with zero attached hydrogens (tertiary/aromatic N) is 2. The minimum atomic E-state index is 0.640. The Morgan fingerprint density at radius 3 is 2.79 bits per heavy atom. The third-order valence-corrected chi connectivity index (χ3v) is 3.33. The van der Waals surface area contributed by atoms with Gasteiger partial charge in [0, 0.05) is 24.8 Å². The van der Waals surface area contributed by atoms with E-state index in [0.29, 0.717) is 12.5 Å². The van der Waals surface area contributed by atoms with Crippen molar-refractivity contribution < 1.29 is 4.74 Å². The average Bonchev–Trinajstić information content (AvgIpc) is 2.83. The van der Waals surface area contributed by atoms with Crippen molar-refractivity contribution in [2.75, 3.05) is 17.2 Å². The van der Waals surface area contributed by atoms with Gasteiger partial charge in [-0.05, 0) is 36.2 Å². The number of rotatable bonds is 3. The molecule has 1 aromatic carbocycles. The van der Waals surface area contributed by atoms with Crippen LogP contribution in [-0.2, 0) is 13.1 Å². The maximum atomic E-state index is 5.82. The number of hydrogen-bond donors (Lipinski definition) is 1. The van der Waals surface area contributed by atoms with Crippen LogP contribution in [-0.4, -0.2) is 11.6 Å². The molecule has 98 valence electrons. The van der Waals surface area contributed by atoms with E-state index in [1.165, 1.54) is 11.1 Å². The second-order valence-electron chi connectivity index (χ2n) is 4.67. The van der Waals surface area contributed by atoms with Gasteiger partial charge >= 0.3 is 0 Å².